The third-order valence-corrected chi connectivity index (χ3v) is 7.48. The van der Waals surface area contributed by atoms with Gasteiger partial charge in [-0.2, -0.15) is 0 Å². The molecule has 28 heavy (non-hydrogen) atoms. The molecule has 2 fully saturated rings. The molecule has 0 unspecified atom stereocenters. The zero-order valence-electron chi connectivity index (χ0n) is 17.5. The molecule has 0 radical (unpaired) electrons. The first kappa shape index (κ1) is 20.6. The van der Waals surface area contributed by atoms with E-state index in [1.807, 2.05) is 0 Å². The number of ether oxygens (including phenoxy) is 1. The molecular formula is C22H38N4OS. The molecule has 1 aromatic rings. The predicted octanol–water partition coefficient (Wildman–Crippen LogP) is 3.63. The van der Waals surface area contributed by atoms with Crippen LogP contribution >= 0.6 is 11.3 Å². The molecular weight excluding hydrogens is 368 g/mol. The van der Waals surface area contributed by atoms with Crippen molar-refractivity contribution < 1.29 is 4.74 Å². The number of hydrogen-bond donors (Lipinski definition) is 0. The highest BCUT2D eigenvalue weighted by molar-refractivity contribution is 7.13. The Balaban J connectivity index is 1.14. The molecule has 0 aliphatic carbocycles. The fraction of sp³-hybridized carbons (Fsp3) is 0.864. The van der Waals surface area contributed by atoms with Crippen molar-refractivity contribution >= 4 is 11.3 Å². The van der Waals surface area contributed by atoms with Crippen molar-refractivity contribution in [2.45, 2.75) is 64.3 Å². The van der Waals surface area contributed by atoms with Crippen molar-refractivity contribution in [2.24, 2.45) is 0 Å². The quantitative estimate of drug-likeness (QED) is 0.585. The van der Waals surface area contributed by atoms with Gasteiger partial charge in [0.25, 0.3) is 5.19 Å². The standard InChI is InChI=1S/C22H38N4OS/c1-3-10-24(11-4-1)14-7-15-26-17-9-20-21(19-26)28-22(23-20)27-18-8-16-25-12-5-2-6-13-25/h1-19H2. The average Bonchev–Trinajstić information content (AvgIpc) is 3.15. The van der Waals surface area contributed by atoms with E-state index in [0.29, 0.717) is 0 Å². The third kappa shape index (κ3) is 6.15. The average molecular weight is 407 g/mol. The molecule has 3 aliphatic heterocycles. The van der Waals surface area contributed by atoms with Crippen LogP contribution in [0.25, 0.3) is 0 Å². The monoisotopic (exact) mass is 406 g/mol. The summed E-state index contributed by atoms with van der Waals surface area (Å²) in [6, 6.07) is 0. The maximum atomic E-state index is 6.00. The number of likely N-dealkylation sites (tertiary alicyclic amines) is 2. The number of thiazole rings is 1. The molecule has 2 saturated heterocycles. The zero-order valence-corrected chi connectivity index (χ0v) is 18.4. The second kappa shape index (κ2) is 10.9. The van der Waals surface area contributed by atoms with Crippen LogP contribution in [0.3, 0.4) is 0 Å². The Morgan fingerprint density at radius 2 is 1.39 bits per heavy atom. The summed E-state index contributed by atoms with van der Waals surface area (Å²) in [5.41, 5.74) is 1.29. The molecule has 0 bridgehead atoms. The van der Waals surface area contributed by atoms with Gasteiger partial charge in [-0.05, 0) is 77.8 Å². The van der Waals surface area contributed by atoms with E-state index in [4.69, 9.17) is 9.72 Å². The number of nitrogens with zero attached hydrogens (tertiary/aromatic N) is 4. The Labute approximate surface area is 175 Å². The molecule has 0 N–H and O–H groups in total. The Morgan fingerprint density at radius 3 is 2.11 bits per heavy atom. The Kier molecular flexibility index (Phi) is 8.02. The van der Waals surface area contributed by atoms with E-state index in [1.165, 1.54) is 101 Å². The second-order valence-corrected chi connectivity index (χ2v) is 9.78. The van der Waals surface area contributed by atoms with Gasteiger partial charge in [0.2, 0.25) is 0 Å². The Bertz CT molecular complexity index is 581. The molecule has 0 amide bonds. The molecule has 4 rings (SSSR count). The SMILES string of the molecule is C1CCN(CCCOc2nc3c(s2)CN(CCCN2CCCCC2)CC3)CC1. The van der Waals surface area contributed by atoms with E-state index >= 15 is 0 Å². The van der Waals surface area contributed by atoms with Gasteiger partial charge in [-0.15, -0.1) is 0 Å². The van der Waals surface area contributed by atoms with Crippen molar-refractivity contribution in [1.82, 2.24) is 19.7 Å². The summed E-state index contributed by atoms with van der Waals surface area (Å²) in [6.45, 7) is 11.9. The molecule has 3 aliphatic rings. The summed E-state index contributed by atoms with van der Waals surface area (Å²) >= 11 is 1.79. The first-order valence-electron chi connectivity index (χ1n) is 11.7. The van der Waals surface area contributed by atoms with E-state index in [9.17, 15) is 0 Å². The summed E-state index contributed by atoms with van der Waals surface area (Å²) in [6.07, 6.45) is 11.9. The highest BCUT2D eigenvalue weighted by Gasteiger charge is 2.21. The predicted molar refractivity (Wildman–Crippen MR) is 116 cm³/mol. The summed E-state index contributed by atoms with van der Waals surface area (Å²) in [5, 5.41) is 0.902. The van der Waals surface area contributed by atoms with Crippen molar-refractivity contribution in [3.8, 4) is 5.19 Å². The maximum absolute atomic E-state index is 6.00. The lowest BCUT2D eigenvalue weighted by molar-refractivity contribution is 0.196. The smallest absolute Gasteiger partial charge is 0.273 e. The van der Waals surface area contributed by atoms with Crippen molar-refractivity contribution in [3.63, 3.8) is 0 Å². The van der Waals surface area contributed by atoms with E-state index in [0.717, 1.165) is 37.7 Å². The lowest BCUT2D eigenvalue weighted by Gasteiger charge is -2.29. The van der Waals surface area contributed by atoms with E-state index < -0.39 is 0 Å². The van der Waals surface area contributed by atoms with Crippen molar-refractivity contribution in [3.05, 3.63) is 10.6 Å². The Hall–Kier alpha value is -0.690. The van der Waals surface area contributed by atoms with Crippen LogP contribution in [0.5, 0.6) is 5.19 Å². The maximum Gasteiger partial charge on any atom is 0.273 e. The van der Waals surface area contributed by atoms with E-state index in [2.05, 4.69) is 14.7 Å². The van der Waals surface area contributed by atoms with Gasteiger partial charge in [-0.3, -0.25) is 4.90 Å². The molecule has 4 heterocycles. The van der Waals surface area contributed by atoms with Gasteiger partial charge < -0.3 is 14.5 Å². The molecule has 1 aromatic heterocycles. The van der Waals surface area contributed by atoms with Gasteiger partial charge in [-0.1, -0.05) is 24.2 Å². The number of aromatic nitrogens is 1. The number of piperidine rings is 2. The van der Waals surface area contributed by atoms with Crippen LogP contribution in [0.15, 0.2) is 0 Å². The second-order valence-electron chi connectivity index (χ2n) is 8.74. The van der Waals surface area contributed by atoms with Gasteiger partial charge in [0, 0.05) is 30.9 Å². The van der Waals surface area contributed by atoms with E-state index in [1.54, 1.807) is 11.3 Å². The molecule has 0 spiro atoms. The van der Waals surface area contributed by atoms with Crippen LogP contribution in [-0.2, 0) is 13.0 Å². The van der Waals surface area contributed by atoms with Crippen LogP contribution in [0, 0.1) is 0 Å². The van der Waals surface area contributed by atoms with Gasteiger partial charge in [0.05, 0.1) is 12.3 Å². The highest BCUT2D eigenvalue weighted by Crippen LogP contribution is 2.30. The molecule has 158 valence electrons. The summed E-state index contributed by atoms with van der Waals surface area (Å²) in [5.74, 6) is 0. The zero-order chi connectivity index (χ0) is 19.0. The third-order valence-electron chi connectivity index (χ3n) is 6.48. The van der Waals surface area contributed by atoms with E-state index in [-0.39, 0.29) is 0 Å². The van der Waals surface area contributed by atoms with Gasteiger partial charge >= 0.3 is 0 Å². The molecule has 6 heteroatoms. The Morgan fingerprint density at radius 1 is 0.750 bits per heavy atom. The first-order chi connectivity index (χ1) is 13.9. The van der Waals surface area contributed by atoms with Gasteiger partial charge in [0.15, 0.2) is 0 Å². The summed E-state index contributed by atoms with van der Waals surface area (Å²) < 4.78 is 6.00. The topological polar surface area (TPSA) is 31.8 Å². The van der Waals surface area contributed by atoms with Crippen molar-refractivity contribution in [2.75, 3.05) is 59.0 Å². The molecule has 0 saturated carbocycles. The van der Waals surface area contributed by atoms with Crippen LogP contribution in [0.1, 0.15) is 61.9 Å². The lowest BCUT2D eigenvalue weighted by Crippen LogP contribution is -2.35. The number of hydrogen-bond acceptors (Lipinski definition) is 6. The number of fused-ring (bicyclic) bond motifs is 1. The van der Waals surface area contributed by atoms with Crippen molar-refractivity contribution in [1.29, 1.82) is 0 Å². The van der Waals surface area contributed by atoms with Crippen LogP contribution < -0.4 is 4.74 Å². The molecule has 0 atom stereocenters. The van der Waals surface area contributed by atoms with Gasteiger partial charge in [0.1, 0.15) is 0 Å². The summed E-state index contributed by atoms with van der Waals surface area (Å²) in [4.78, 5) is 14.1. The van der Waals surface area contributed by atoms with Gasteiger partial charge in [-0.25, -0.2) is 4.98 Å². The minimum absolute atomic E-state index is 0.808. The summed E-state index contributed by atoms with van der Waals surface area (Å²) in [7, 11) is 0. The highest BCUT2D eigenvalue weighted by atomic mass is 32.1. The largest absolute Gasteiger partial charge is 0.470 e. The molecule has 5 nitrogen and oxygen atoms in total. The lowest BCUT2D eigenvalue weighted by atomic mass is 10.1. The van der Waals surface area contributed by atoms with Crippen LogP contribution in [0.2, 0.25) is 0 Å². The minimum Gasteiger partial charge on any atom is -0.470 e. The molecule has 0 aromatic carbocycles. The minimum atomic E-state index is 0.808. The van der Waals surface area contributed by atoms with Crippen LogP contribution in [0.4, 0.5) is 0 Å². The normalized spacial score (nSPS) is 22.3. The number of rotatable bonds is 9. The fourth-order valence-corrected chi connectivity index (χ4v) is 5.83. The first-order valence-corrected chi connectivity index (χ1v) is 12.5. The fourth-order valence-electron chi connectivity index (χ4n) is 4.81. The van der Waals surface area contributed by atoms with Crippen LogP contribution in [-0.4, -0.2) is 78.6 Å².